The van der Waals surface area contributed by atoms with Crippen LogP contribution in [-0.4, -0.2) is 47.0 Å². The van der Waals surface area contributed by atoms with Crippen molar-refractivity contribution in [1.82, 2.24) is 14.9 Å². The summed E-state index contributed by atoms with van der Waals surface area (Å²) < 4.78 is 18.7. The molecule has 0 N–H and O–H groups in total. The van der Waals surface area contributed by atoms with E-state index in [-0.39, 0.29) is 11.7 Å². The van der Waals surface area contributed by atoms with Gasteiger partial charge in [0.05, 0.1) is 11.8 Å². The number of halogens is 1. The summed E-state index contributed by atoms with van der Waals surface area (Å²) in [7, 11) is 0. The number of piperazine rings is 1. The molecule has 2 aromatic carbocycles. The molecule has 1 fully saturated rings. The number of fused-ring (bicyclic) bond motifs is 1. The molecular formula is C24H21FN4O2. The molecule has 0 saturated carbocycles. The zero-order valence-electron chi connectivity index (χ0n) is 17.1. The molecule has 1 aliphatic heterocycles. The van der Waals surface area contributed by atoms with Crippen LogP contribution >= 0.6 is 0 Å². The highest BCUT2D eigenvalue weighted by Gasteiger charge is 2.25. The van der Waals surface area contributed by atoms with E-state index in [0.717, 1.165) is 22.3 Å². The number of amides is 1. The van der Waals surface area contributed by atoms with Gasteiger partial charge in [-0.05, 0) is 55.5 Å². The quantitative estimate of drug-likeness (QED) is 0.498. The second kappa shape index (κ2) is 7.83. The Hall–Kier alpha value is -3.74. The van der Waals surface area contributed by atoms with Crippen LogP contribution in [0, 0.1) is 12.7 Å². The SMILES string of the molecule is Cc1ccc2nc(-c3ccco3)nc(N3CCN(C(=O)c4ccc(F)cc4)CC3)c2c1. The molecule has 1 saturated heterocycles. The van der Waals surface area contributed by atoms with E-state index < -0.39 is 0 Å². The van der Waals surface area contributed by atoms with Crippen LogP contribution in [0.3, 0.4) is 0 Å². The number of aromatic nitrogens is 2. The molecule has 0 unspecified atom stereocenters. The first-order valence-corrected chi connectivity index (χ1v) is 10.2. The number of hydrogen-bond donors (Lipinski definition) is 0. The van der Waals surface area contributed by atoms with Crippen molar-refractivity contribution in [2.45, 2.75) is 6.92 Å². The van der Waals surface area contributed by atoms with Gasteiger partial charge in [0.2, 0.25) is 0 Å². The Morgan fingerprint density at radius 3 is 2.48 bits per heavy atom. The number of furan rings is 1. The fraction of sp³-hybridized carbons (Fsp3) is 0.208. The third-order valence-electron chi connectivity index (χ3n) is 5.53. The molecule has 0 atom stereocenters. The van der Waals surface area contributed by atoms with Gasteiger partial charge >= 0.3 is 0 Å². The largest absolute Gasteiger partial charge is 0.461 e. The van der Waals surface area contributed by atoms with E-state index in [0.29, 0.717) is 43.3 Å². The lowest BCUT2D eigenvalue weighted by Crippen LogP contribution is -2.49. The molecule has 4 aromatic rings. The van der Waals surface area contributed by atoms with Crippen LogP contribution in [0.25, 0.3) is 22.5 Å². The minimum atomic E-state index is -0.348. The molecule has 1 amide bonds. The molecule has 3 heterocycles. The summed E-state index contributed by atoms with van der Waals surface area (Å²) in [6.45, 7) is 4.45. The van der Waals surface area contributed by atoms with Gasteiger partial charge in [0, 0.05) is 37.1 Å². The summed E-state index contributed by atoms with van der Waals surface area (Å²) in [6.07, 6.45) is 1.61. The van der Waals surface area contributed by atoms with Gasteiger partial charge in [-0.2, -0.15) is 0 Å². The van der Waals surface area contributed by atoms with Crippen LogP contribution in [0.1, 0.15) is 15.9 Å². The van der Waals surface area contributed by atoms with Crippen molar-refractivity contribution in [2.75, 3.05) is 31.1 Å². The topological polar surface area (TPSA) is 62.5 Å². The number of nitrogens with zero attached hydrogens (tertiary/aromatic N) is 4. The number of anilines is 1. The molecular weight excluding hydrogens is 395 g/mol. The van der Waals surface area contributed by atoms with Crippen molar-refractivity contribution < 1.29 is 13.6 Å². The Bertz CT molecular complexity index is 1230. The Balaban J connectivity index is 1.43. The minimum Gasteiger partial charge on any atom is -0.461 e. The van der Waals surface area contributed by atoms with E-state index in [1.807, 2.05) is 31.2 Å². The summed E-state index contributed by atoms with van der Waals surface area (Å²) in [6, 6.07) is 15.5. The molecule has 5 rings (SSSR count). The lowest BCUT2D eigenvalue weighted by Gasteiger charge is -2.36. The zero-order chi connectivity index (χ0) is 21.4. The van der Waals surface area contributed by atoms with Crippen molar-refractivity contribution >= 4 is 22.6 Å². The van der Waals surface area contributed by atoms with Crippen molar-refractivity contribution in [3.05, 3.63) is 77.8 Å². The van der Waals surface area contributed by atoms with Gasteiger partial charge < -0.3 is 14.2 Å². The molecule has 2 aromatic heterocycles. The third-order valence-corrected chi connectivity index (χ3v) is 5.53. The molecule has 0 aliphatic carbocycles. The standard InChI is InChI=1S/C24H21FN4O2/c1-16-4-9-20-19(15-16)23(27-22(26-20)21-3-2-14-31-21)28-10-12-29(13-11-28)24(30)17-5-7-18(25)8-6-17/h2-9,14-15H,10-13H2,1H3. The number of hydrogen-bond acceptors (Lipinski definition) is 5. The highest BCUT2D eigenvalue weighted by Crippen LogP contribution is 2.29. The van der Waals surface area contributed by atoms with Gasteiger partial charge in [-0.15, -0.1) is 0 Å². The second-order valence-corrected chi connectivity index (χ2v) is 7.65. The van der Waals surface area contributed by atoms with Crippen LogP contribution in [-0.2, 0) is 0 Å². The van der Waals surface area contributed by atoms with Crippen molar-refractivity contribution in [3.8, 4) is 11.6 Å². The predicted octanol–water partition coefficient (Wildman–Crippen LogP) is 4.30. The van der Waals surface area contributed by atoms with Crippen molar-refractivity contribution in [3.63, 3.8) is 0 Å². The smallest absolute Gasteiger partial charge is 0.253 e. The molecule has 31 heavy (non-hydrogen) atoms. The van der Waals surface area contributed by atoms with E-state index in [9.17, 15) is 9.18 Å². The van der Waals surface area contributed by atoms with Gasteiger partial charge in [-0.25, -0.2) is 14.4 Å². The number of carbonyl (C=O) groups excluding carboxylic acids is 1. The number of benzene rings is 2. The maximum Gasteiger partial charge on any atom is 0.253 e. The summed E-state index contributed by atoms with van der Waals surface area (Å²) in [4.78, 5) is 26.2. The average Bonchev–Trinajstić information content (AvgIpc) is 3.34. The van der Waals surface area contributed by atoms with Crippen LogP contribution < -0.4 is 4.90 Å². The summed E-state index contributed by atoms with van der Waals surface area (Å²) >= 11 is 0. The summed E-state index contributed by atoms with van der Waals surface area (Å²) in [5.74, 6) is 1.57. The molecule has 1 aliphatic rings. The van der Waals surface area contributed by atoms with Gasteiger partial charge in [0.15, 0.2) is 11.6 Å². The van der Waals surface area contributed by atoms with Crippen molar-refractivity contribution in [2.24, 2.45) is 0 Å². The molecule has 0 bridgehead atoms. The molecule has 6 nitrogen and oxygen atoms in total. The maximum atomic E-state index is 13.2. The first-order chi connectivity index (χ1) is 15.1. The third kappa shape index (κ3) is 3.74. The lowest BCUT2D eigenvalue weighted by atomic mass is 10.1. The van der Waals surface area contributed by atoms with E-state index >= 15 is 0 Å². The Kier molecular flexibility index (Phi) is 4.86. The van der Waals surface area contributed by atoms with Crippen LogP contribution in [0.15, 0.2) is 65.3 Å². The number of aryl methyl sites for hydroxylation is 1. The summed E-state index contributed by atoms with van der Waals surface area (Å²) in [5.41, 5.74) is 2.48. The summed E-state index contributed by atoms with van der Waals surface area (Å²) in [5, 5.41) is 0.980. The van der Waals surface area contributed by atoms with Gasteiger partial charge in [-0.3, -0.25) is 4.79 Å². The Morgan fingerprint density at radius 2 is 1.77 bits per heavy atom. The first kappa shape index (κ1) is 19.2. The highest BCUT2D eigenvalue weighted by atomic mass is 19.1. The molecule has 0 spiro atoms. The molecule has 0 radical (unpaired) electrons. The van der Waals surface area contributed by atoms with E-state index in [1.54, 1.807) is 11.2 Å². The van der Waals surface area contributed by atoms with Gasteiger partial charge in [0.25, 0.3) is 5.91 Å². The second-order valence-electron chi connectivity index (χ2n) is 7.65. The fourth-order valence-electron chi connectivity index (χ4n) is 3.88. The molecule has 156 valence electrons. The van der Waals surface area contributed by atoms with E-state index in [4.69, 9.17) is 9.40 Å². The predicted molar refractivity (Wildman–Crippen MR) is 116 cm³/mol. The van der Waals surface area contributed by atoms with Gasteiger partial charge in [-0.1, -0.05) is 11.6 Å². The maximum absolute atomic E-state index is 13.2. The van der Waals surface area contributed by atoms with Crippen LogP contribution in [0.4, 0.5) is 10.2 Å². The Morgan fingerprint density at radius 1 is 1.00 bits per heavy atom. The van der Waals surface area contributed by atoms with Crippen LogP contribution in [0.2, 0.25) is 0 Å². The fourth-order valence-corrected chi connectivity index (χ4v) is 3.88. The van der Waals surface area contributed by atoms with Crippen molar-refractivity contribution in [1.29, 1.82) is 0 Å². The highest BCUT2D eigenvalue weighted by molar-refractivity contribution is 5.95. The monoisotopic (exact) mass is 416 g/mol. The molecule has 7 heteroatoms. The average molecular weight is 416 g/mol. The Labute approximate surface area is 178 Å². The van der Waals surface area contributed by atoms with Gasteiger partial charge in [0.1, 0.15) is 11.6 Å². The minimum absolute atomic E-state index is 0.0840. The lowest BCUT2D eigenvalue weighted by molar-refractivity contribution is 0.0746. The zero-order valence-corrected chi connectivity index (χ0v) is 17.1. The van der Waals surface area contributed by atoms with Crippen LogP contribution in [0.5, 0.6) is 0 Å². The number of carbonyl (C=O) groups is 1. The normalized spacial score (nSPS) is 14.3. The number of rotatable bonds is 3. The van der Waals surface area contributed by atoms with E-state index in [2.05, 4.69) is 16.0 Å². The van der Waals surface area contributed by atoms with E-state index in [1.165, 1.54) is 24.3 Å². The first-order valence-electron chi connectivity index (χ1n) is 10.2.